The van der Waals surface area contributed by atoms with Crippen LogP contribution in [-0.4, -0.2) is 158 Å². The van der Waals surface area contributed by atoms with E-state index in [-0.39, 0.29) is 87.8 Å². The third kappa shape index (κ3) is 14.5. The molecule has 5 aliphatic rings. The fraction of sp³-hybridized carbons (Fsp3) is 0.833. The van der Waals surface area contributed by atoms with Gasteiger partial charge < -0.3 is 90.0 Å². The van der Waals surface area contributed by atoms with Gasteiger partial charge in [-0.25, -0.2) is 24.1 Å². The molecule has 0 aromatic carbocycles. The fourth-order valence-electron chi connectivity index (χ4n) is 13.5. The van der Waals surface area contributed by atoms with Crippen LogP contribution in [0.3, 0.4) is 0 Å². The Kier molecular flexibility index (Phi) is 20.7. The standard InChI is InChI=1S/C48H80N7O21P3S/c1-24(28-8-9-29-36-30(19-34(59)48(28,29)6)47(5)13-11-27(56)17-26(47)18-32(36)58)7-10-31(57)25(2)45(64)80-16-15-50-35(60)12-14-51-43(63)40(62)46(3,4)21-73-79(70,71)76-78(68,69)72-20-33-39(75-77(65,66)67)38(61)44(74-33)55-23-54-37-41(49)52-22-53-42(37)55/h22-34,36,38-40,44,56-59,61-62H,7-21H2,1-6H3,(H,50,60)(H,51,63)(H,68,69)(H,70,71)(H2,49,52,53)(H2,65,66,67)/p-4/t24-,25-,26+,27-,28-,29+,30+,31-,32-,33-,34+,36+,38-,39-,40+,44-,47+,48-/m1/s1. The minimum absolute atomic E-state index is 0.0147. The van der Waals surface area contributed by atoms with Crippen molar-refractivity contribution in [3.63, 3.8) is 0 Å². The molecule has 0 radical (unpaired) electrons. The summed E-state index contributed by atoms with van der Waals surface area (Å²) in [5.74, 6) is -1.47. The number of aliphatic imine (C=N–C) groups is 2. The molecule has 32 heteroatoms. The molecule has 3 heterocycles. The van der Waals surface area contributed by atoms with Crippen LogP contribution in [0, 0.1) is 57.7 Å². The minimum atomic E-state index is -5.86. The van der Waals surface area contributed by atoms with Crippen molar-refractivity contribution >= 4 is 69.1 Å². The predicted molar refractivity (Wildman–Crippen MR) is 279 cm³/mol. The summed E-state index contributed by atoms with van der Waals surface area (Å²) in [6.45, 7) is 8.05. The van der Waals surface area contributed by atoms with Gasteiger partial charge in [0.25, 0.3) is 0 Å². The number of nitrogens with zero attached hydrogens (tertiary/aromatic N) is 6. The molecule has 454 valence electrons. The lowest BCUT2D eigenvalue weighted by molar-refractivity contribution is -0.347. The van der Waals surface area contributed by atoms with Gasteiger partial charge in [-0.1, -0.05) is 53.3 Å². The van der Waals surface area contributed by atoms with E-state index in [1.165, 1.54) is 13.8 Å². The zero-order valence-electron chi connectivity index (χ0n) is 45.4. The first-order chi connectivity index (χ1) is 37.2. The van der Waals surface area contributed by atoms with Gasteiger partial charge in [0, 0.05) is 24.3 Å². The molecule has 0 bridgehead atoms. The van der Waals surface area contributed by atoms with E-state index in [4.69, 9.17) is 19.5 Å². The van der Waals surface area contributed by atoms with Crippen molar-refractivity contribution in [2.75, 3.05) is 37.8 Å². The van der Waals surface area contributed by atoms with E-state index in [9.17, 15) is 78.9 Å². The second kappa shape index (κ2) is 25.5. The Morgan fingerprint density at radius 2 is 1.66 bits per heavy atom. The number of rotatable bonds is 25. The molecule has 4 aliphatic carbocycles. The molecule has 7 rings (SSSR count). The van der Waals surface area contributed by atoms with Gasteiger partial charge in [0.05, 0.1) is 63.8 Å². The summed E-state index contributed by atoms with van der Waals surface area (Å²) in [5.41, 5.74) is 3.67. The molecule has 4 saturated carbocycles. The van der Waals surface area contributed by atoms with Crippen LogP contribution in [0.1, 0.15) is 112 Å². The molecule has 28 nitrogen and oxygen atoms in total. The van der Waals surface area contributed by atoms with Crippen molar-refractivity contribution in [2.45, 2.75) is 161 Å². The molecule has 5 fully saturated rings. The largest absolute Gasteiger partial charge is 0.862 e. The molecule has 1 aliphatic heterocycles. The number of nitrogen functional groups attached to an aromatic ring is 1. The number of imidazole rings is 1. The Labute approximate surface area is 467 Å². The van der Waals surface area contributed by atoms with E-state index >= 15 is 0 Å². The molecule has 2 aromatic heterocycles. The molecule has 2 unspecified atom stereocenters. The lowest BCUT2D eigenvalue weighted by Gasteiger charge is -2.63. The van der Waals surface area contributed by atoms with Gasteiger partial charge in [-0.05, 0) is 122 Å². The lowest BCUT2D eigenvalue weighted by Crippen LogP contribution is -2.62. The van der Waals surface area contributed by atoms with Crippen LogP contribution in [0.25, 0.3) is 11.2 Å². The first-order valence-electron chi connectivity index (χ1n) is 26.8. The van der Waals surface area contributed by atoms with Gasteiger partial charge in [0.15, 0.2) is 22.8 Å². The highest BCUT2D eigenvalue weighted by Crippen LogP contribution is 2.69. The van der Waals surface area contributed by atoms with E-state index in [2.05, 4.69) is 54.5 Å². The van der Waals surface area contributed by atoms with Crippen LogP contribution in [0.4, 0.5) is 5.82 Å². The first-order valence-corrected chi connectivity index (χ1v) is 32.2. The number of carbonyl (C=O) groups excluding carboxylic acids is 1. The summed E-state index contributed by atoms with van der Waals surface area (Å²) >= 11 is 0.926. The predicted octanol–water partition coefficient (Wildman–Crippen LogP) is 0.0606. The highest BCUT2D eigenvalue weighted by Gasteiger charge is 2.66. The van der Waals surface area contributed by atoms with E-state index in [0.717, 1.165) is 54.7 Å². The maximum atomic E-state index is 13.1. The normalized spacial score (nSPS) is 35.4. The van der Waals surface area contributed by atoms with Gasteiger partial charge in [-0.15, -0.1) is 0 Å². The number of carbonyl (C=O) groups is 1. The van der Waals surface area contributed by atoms with E-state index in [0.29, 0.717) is 32.1 Å². The van der Waals surface area contributed by atoms with Crippen LogP contribution in [0.2, 0.25) is 0 Å². The average Bonchev–Trinajstić information content (AvgIpc) is 3.66. The van der Waals surface area contributed by atoms with Gasteiger partial charge in [0.1, 0.15) is 30.2 Å². The number of nitrogens with two attached hydrogens (primary N) is 1. The minimum Gasteiger partial charge on any atom is -0.862 e. The van der Waals surface area contributed by atoms with Gasteiger partial charge in [-0.3, -0.25) is 18.4 Å². The highest BCUT2D eigenvalue weighted by atomic mass is 32.2. The summed E-state index contributed by atoms with van der Waals surface area (Å²) in [6.07, 6.45) is -3.52. The van der Waals surface area contributed by atoms with E-state index < -0.39 is 121 Å². The molecule has 10 N–H and O–H groups in total. The number of ether oxygens (including phenoxy) is 1. The van der Waals surface area contributed by atoms with Crippen molar-refractivity contribution in [3.05, 3.63) is 12.7 Å². The molecular formula is C48H76N7O21P3S-4. The highest BCUT2D eigenvalue weighted by molar-refractivity contribution is 8.13. The van der Waals surface area contributed by atoms with E-state index in [1.54, 1.807) is 6.92 Å². The summed E-state index contributed by atoms with van der Waals surface area (Å²) in [7, 11) is -17.1. The van der Waals surface area contributed by atoms with Crippen LogP contribution < -0.4 is 25.7 Å². The number of aliphatic hydroxyl groups excluding tert-OH is 6. The fourth-order valence-corrected chi connectivity index (χ4v) is 17.1. The average molecular weight is 1210 g/mol. The molecule has 20 atom stereocenters. The molecule has 0 amide bonds. The van der Waals surface area contributed by atoms with Crippen molar-refractivity contribution < 1.29 is 102 Å². The van der Waals surface area contributed by atoms with Gasteiger partial charge in [-0.2, -0.15) is 4.31 Å². The molecule has 80 heavy (non-hydrogen) atoms. The second-order valence-electron chi connectivity index (χ2n) is 23.5. The van der Waals surface area contributed by atoms with Crippen LogP contribution >= 0.6 is 35.2 Å². The first kappa shape index (κ1) is 65.0. The number of aliphatic hydroxyl groups is 6. The summed E-state index contributed by atoms with van der Waals surface area (Å²) in [6, 6.07) is 0. The SMILES string of the molecule is C[C@H](CC[C@@H](O)[C@@H](C)C(=O)SCCN=C([O-])CCN=C([O-])[C@H](O)C(C)(C)COP(=O)(O)OP(=O)(O)OC[C@H]1O[C@@H](n2cnc3c(N)ncnc32)[C@H](O)[C@@H]1OP(=O)([O-])[O-])[C@H]1CC[C@H]2[C@@H]3[C@H](O)C[C@@H]4C[C@H](O)CC[C@]4(C)[C@H]3C[C@H](O)[C@]12C. The number of anilines is 1. The Morgan fingerprint density at radius 1 is 0.963 bits per heavy atom. The summed E-state index contributed by atoms with van der Waals surface area (Å²) in [4.78, 5) is 76.0. The zero-order valence-corrected chi connectivity index (χ0v) is 48.9. The monoisotopic (exact) mass is 1210 g/mol. The number of phosphoric ester groups is 3. The summed E-state index contributed by atoms with van der Waals surface area (Å²) in [5, 5.41) is 91.7. The Balaban J connectivity index is 0.806. The molecule has 1 saturated heterocycles. The topological polar surface area (TPSA) is 463 Å². The van der Waals surface area contributed by atoms with Crippen molar-refractivity contribution in [1.29, 1.82) is 0 Å². The molecular weight excluding hydrogens is 1140 g/mol. The smallest absolute Gasteiger partial charge is 0.481 e. The van der Waals surface area contributed by atoms with Gasteiger partial charge in [0.2, 0.25) is 0 Å². The van der Waals surface area contributed by atoms with E-state index in [1.807, 2.05) is 0 Å². The van der Waals surface area contributed by atoms with Crippen LogP contribution in [0.15, 0.2) is 22.6 Å². The number of hydrogen-bond acceptors (Lipinski definition) is 26. The number of thioether (sulfide) groups is 1. The summed E-state index contributed by atoms with van der Waals surface area (Å²) < 4.78 is 62.0. The number of fused-ring (bicyclic) bond motifs is 6. The maximum absolute atomic E-state index is 13.1. The van der Waals surface area contributed by atoms with Crippen molar-refractivity contribution in [1.82, 2.24) is 19.5 Å². The molecule has 2 aromatic rings. The quantitative estimate of drug-likeness (QED) is 0.0275. The second-order valence-corrected chi connectivity index (χ2v) is 28.7. The van der Waals surface area contributed by atoms with Crippen LogP contribution in [0.5, 0.6) is 0 Å². The third-order valence-electron chi connectivity index (χ3n) is 18.0. The zero-order chi connectivity index (χ0) is 59.1. The van der Waals surface area contributed by atoms with Crippen molar-refractivity contribution in [2.24, 2.45) is 67.7 Å². The van der Waals surface area contributed by atoms with Crippen molar-refractivity contribution in [3.8, 4) is 0 Å². The van der Waals surface area contributed by atoms with Crippen LogP contribution in [-0.2, 0) is 41.1 Å². The third-order valence-corrected chi connectivity index (χ3v) is 22.1. The number of hydrogen-bond donors (Lipinski definition) is 9. The Hall–Kier alpha value is -2.60. The Morgan fingerprint density at radius 3 is 2.36 bits per heavy atom. The Bertz CT molecular complexity index is 2710. The number of aromatic nitrogens is 4. The molecule has 0 spiro atoms. The number of phosphoric acid groups is 3. The van der Waals surface area contributed by atoms with Gasteiger partial charge >= 0.3 is 15.6 Å². The maximum Gasteiger partial charge on any atom is 0.481 e. The lowest BCUT2D eigenvalue weighted by atomic mass is 9.43.